The molecule has 1 saturated heterocycles. The van der Waals surface area contributed by atoms with Crippen molar-refractivity contribution in [1.29, 1.82) is 0 Å². The van der Waals surface area contributed by atoms with Gasteiger partial charge in [-0.15, -0.1) is 11.8 Å². The Morgan fingerprint density at radius 3 is 2.54 bits per heavy atom. The number of rotatable bonds is 7. The maximum absolute atomic E-state index is 13.0. The van der Waals surface area contributed by atoms with E-state index in [2.05, 4.69) is 21.2 Å². The second-order valence-electron chi connectivity index (χ2n) is 7.04. The van der Waals surface area contributed by atoms with Crippen molar-refractivity contribution in [2.45, 2.75) is 37.1 Å². The van der Waals surface area contributed by atoms with Gasteiger partial charge in [-0.25, -0.2) is 0 Å². The molecule has 2 aromatic rings. The average Bonchev–Trinajstić information content (AvgIpc) is 3.22. The highest BCUT2D eigenvalue weighted by molar-refractivity contribution is 9.10. The topological polar surface area (TPSA) is 49.4 Å². The van der Waals surface area contributed by atoms with Gasteiger partial charge in [0.2, 0.25) is 11.8 Å². The van der Waals surface area contributed by atoms with E-state index >= 15 is 0 Å². The van der Waals surface area contributed by atoms with Crippen molar-refractivity contribution in [3.63, 3.8) is 0 Å². The van der Waals surface area contributed by atoms with Crippen molar-refractivity contribution in [3.05, 3.63) is 64.1 Å². The molecule has 0 saturated carbocycles. The van der Waals surface area contributed by atoms with Gasteiger partial charge in [0.05, 0.1) is 5.75 Å². The van der Waals surface area contributed by atoms with E-state index in [1.165, 1.54) is 11.8 Å². The fourth-order valence-corrected chi connectivity index (χ4v) is 4.66. The second kappa shape index (κ2) is 10.1. The van der Waals surface area contributed by atoms with Crippen molar-refractivity contribution in [3.8, 4) is 0 Å². The van der Waals surface area contributed by atoms with Crippen LogP contribution in [0.2, 0.25) is 0 Å². The first kappa shape index (κ1) is 20.9. The number of hydrogen-bond donors (Lipinski definition) is 1. The van der Waals surface area contributed by atoms with E-state index in [4.69, 9.17) is 0 Å². The number of thioether (sulfide) groups is 1. The molecule has 0 bridgehead atoms. The fraction of sp³-hybridized carbons (Fsp3) is 0.364. The van der Waals surface area contributed by atoms with Gasteiger partial charge in [0.25, 0.3) is 0 Å². The summed E-state index contributed by atoms with van der Waals surface area (Å²) in [5.41, 5.74) is 2.18. The number of amides is 2. The van der Waals surface area contributed by atoms with E-state index in [1.54, 1.807) is 0 Å². The number of halogens is 1. The van der Waals surface area contributed by atoms with Crippen LogP contribution < -0.4 is 5.32 Å². The van der Waals surface area contributed by atoms with Crippen molar-refractivity contribution in [2.75, 3.05) is 18.8 Å². The number of carbonyl (C=O) groups excluding carboxylic acids is 2. The van der Waals surface area contributed by atoms with Gasteiger partial charge in [0, 0.05) is 28.9 Å². The molecule has 1 unspecified atom stereocenters. The van der Waals surface area contributed by atoms with Crippen molar-refractivity contribution >= 4 is 39.5 Å². The Kier molecular flexibility index (Phi) is 7.57. The molecule has 1 aliphatic heterocycles. The quantitative estimate of drug-likeness (QED) is 0.629. The number of carbonyl (C=O) groups is 2. The normalized spacial score (nSPS) is 14.7. The Morgan fingerprint density at radius 2 is 1.86 bits per heavy atom. The SMILES string of the molecule is Cc1cc(Br)ccc1SCC(=O)NC(Cc1ccccc1)C(=O)N1CCCC1. The molecule has 148 valence electrons. The zero-order chi connectivity index (χ0) is 19.9. The van der Waals surface area contributed by atoms with Gasteiger partial charge in [-0.1, -0.05) is 46.3 Å². The van der Waals surface area contributed by atoms with Gasteiger partial charge in [-0.3, -0.25) is 9.59 Å². The fourth-order valence-electron chi connectivity index (χ4n) is 3.36. The number of nitrogens with zero attached hydrogens (tertiary/aromatic N) is 1. The molecule has 4 nitrogen and oxygen atoms in total. The van der Waals surface area contributed by atoms with Crippen LogP contribution in [0.1, 0.15) is 24.0 Å². The van der Waals surface area contributed by atoms with Crippen LogP contribution in [0.25, 0.3) is 0 Å². The molecule has 0 radical (unpaired) electrons. The van der Waals surface area contributed by atoms with Gasteiger partial charge in [0.1, 0.15) is 6.04 Å². The van der Waals surface area contributed by atoms with Crippen LogP contribution in [0.4, 0.5) is 0 Å². The summed E-state index contributed by atoms with van der Waals surface area (Å²) in [6, 6.07) is 15.4. The summed E-state index contributed by atoms with van der Waals surface area (Å²) >= 11 is 4.96. The zero-order valence-corrected chi connectivity index (χ0v) is 18.4. The second-order valence-corrected chi connectivity index (χ2v) is 8.97. The number of aryl methyl sites for hydroxylation is 1. The van der Waals surface area contributed by atoms with E-state index < -0.39 is 6.04 Å². The molecule has 1 heterocycles. The summed E-state index contributed by atoms with van der Waals surface area (Å²) in [6.45, 7) is 3.60. The largest absolute Gasteiger partial charge is 0.343 e. The molecule has 1 aliphatic rings. The van der Waals surface area contributed by atoms with Gasteiger partial charge in [-0.2, -0.15) is 0 Å². The lowest BCUT2D eigenvalue weighted by molar-refractivity contribution is -0.135. The van der Waals surface area contributed by atoms with E-state index in [-0.39, 0.29) is 11.8 Å². The molecular formula is C22H25BrN2O2S. The third kappa shape index (κ3) is 5.85. The van der Waals surface area contributed by atoms with Crippen LogP contribution in [0.3, 0.4) is 0 Å². The molecule has 6 heteroatoms. The summed E-state index contributed by atoms with van der Waals surface area (Å²) in [7, 11) is 0. The number of hydrogen-bond acceptors (Lipinski definition) is 3. The lowest BCUT2D eigenvalue weighted by Crippen LogP contribution is -2.49. The van der Waals surface area contributed by atoms with Crippen molar-refractivity contribution in [1.82, 2.24) is 10.2 Å². The van der Waals surface area contributed by atoms with E-state index in [0.717, 1.165) is 46.4 Å². The summed E-state index contributed by atoms with van der Waals surface area (Å²) in [5, 5.41) is 2.98. The van der Waals surface area contributed by atoms with Crippen molar-refractivity contribution < 1.29 is 9.59 Å². The minimum absolute atomic E-state index is 0.0273. The lowest BCUT2D eigenvalue weighted by Gasteiger charge is -2.24. The number of benzene rings is 2. The number of likely N-dealkylation sites (tertiary alicyclic amines) is 1. The van der Waals surface area contributed by atoms with Gasteiger partial charge < -0.3 is 10.2 Å². The molecule has 0 spiro atoms. The van der Waals surface area contributed by atoms with Crippen LogP contribution in [-0.2, 0) is 16.0 Å². The lowest BCUT2D eigenvalue weighted by atomic mass is 10.0. The maximum Gasteiger partial charge on any atom is 0.245 e. The average molecular weight is 461 g/mol. The predicted octanol–water partition coefficient (Wildman–Crippen LogP) is 4.20. The van der Waals surface area contributed by atoms with Crippen LogP contribution >= 0.6 is 27.7 Å². The predicted molar refractivity (Wildman–Crippen MR) is 117 cm³/mol. The standard InChI is InChI=1S/C22H25BrN2O2S/c1-16-13-18(23)9-10-20(16)28-15-21(26)24-19(14-17-7-3-2-4-8-17)22(27)25-11-5-6-12-25/h2-4,7-10,13,19H,5-6,11-12,14-15H2,1H3,(H,24,26). The monoisotopic (exact) mass is 460 g/mol. The Bertz CT molecular complexity index is 823. The molecule has 1 fully saturated rings. The van der Waals surface area contributed by atoms with Crippen molar-refractivity contribution in [2.24, 2.45) is 0 Å². The summed E-state index contributed by atoms with van der Waals surface area (Å²) in [5.74, 6) is 0.210. The molecule has 0 aliphatic carbocycles. The highest BCUT2D eigenvalue weighted by Gasteiger charge is 2.28. The summed E-state index contributed by atoms with van der Waals surface area (Å²) in [4.78, 5) is 28.5. The molecular weight excluding hydrogens is 436 g/mol. The van der Waals surface area contributed by atoms with Gasteiger partial charge >= 0.3 is 0 Å². The van der Waals surface area contributed by atoms with Crippen LogP contribution in [0, 0.1) is 6.92 Å². The Hall–Kier alpha value is -1.79. The van der Waals surface area contributed by atoms with E-state index in [0.29, 0.717) is 12.2 Å². The Labute approximate surface area is 179 Å². The minimum atomic E-state index is -0.514. The first-order chi connectivity index (χ1) is 13.5. The van der Waals surface area contributed by atoms with Crippen LogP contribution in [-0.4, -0.2) is 41.6 Å². The molecule has 1 N–H and O–H groups in total. The highest BCUT2D eigenvalue weighted by atomic mass is 79.9. The maximum atomic E-state index is 13.0. The van der Waals surface area contributed by atoms with E-state index in [9.17, 15) is 9.59 Å². The third-order valence-electron chi connectivity index (χ3n) is 4.83. The van der Waals surface area contributed by atoms with Crippen LogP contribution in [0.5, 0.6) is 0 Å². The molecule has 28 heavy (non-hydrogen) atoms. The minimum Gasteiger partial charge on any atom is -0.343 e. The first-order valence-electron chi connectivity index (χ1n) is 9.54. The smallest absolute Gasteiger partial charge is 0.245 e. The Morgan fingerprint density at radius 1 is 1.14 bits per heavy atom. The molecule has 3 rings (SSSR count). The Balaban J connectivity index is 1.63. The summed E-state index contributed by atoms with van der Waals surface area (Å²) in [6.07, 6.45) is 2.59. The first-order valence-corrected chi connectivity index (χ1v) is 11.3. The number of nitrogens with one attached hydrogen (secondary N) is 1. The molecule has 0 aromatic heterocycles. The molecule has 2 aromatic carbocycles. The summed E-state index contributed by atoms with van der Waals surface area (Å²) < 4.78 is 1.03. The highest BCUT2D eigenvalue weighted by Crippen LogP contribution is 2.25. The van der Waals surface area contributed by atoms with Gasteiger partial charge in [-0.05, 0) is 49.1 Å². The van der Waals surface area contributed by atoms with Gasteiger partial charge in [0.15, 0.2) is 0 Å². The molecule has 1 atom stereocenters. The third-order valence-corrected chi connectivity index (χ3v) is 6.50. The molecule has 2 amide bonds. The zero-order valence-electron chi connectivity index (χ0n) is 16.0. The van der Waals surface area contributed by atoms with Crippen LogP contribution in [0.15, 0.2) is 57.9 Å². The van der Waals surface area contributed by atoms with E-state index in [1.807, 2.05) is 60.4 Å².